The summed E-state index contributed by atoms with van der Waals surface area (Å²) in [5.74, 6) is 1.76. The van der Waals surface area contributed by atoms with Crippen LogP contribution in [-0.2, 0) is 6.42 Å². The highest BCUT2D eigenvalue weighted by Gasteiger charge is 2.21. The fourth-order valence-electron chi connectivity index (χ4n) is 3.66. The van der Waals surface area contributed by atoms with Crippen LogP contribution in [0.5, 0.6) is 0 Å². The molecule has 8 nitrogen and oxygen atoms in total. The normalized spacial score (nSPS) is 15.0. The summed E-state index contributed by atoms with van der Waals surface area (Å²) in [4.78, 5) is 20.1. The molecule has 8 heteroatoms. The van der Waals surface area contributed by atoms with Crippen LogP contribution in [-0.4, -0.2) is 62.7 Å². The second-order valence-corrected chi connectivity index (χ2v) is 7.84. The summed E-state index contributed by atoms with van der Waals surface area (Å²) in [6.07, 6.45) is 5.16. The number of rotatable bonds is 9. The van der Waals surface area contributed by atoms with Gasteiger partial charge in [-0.15, -0.1) is 0 Å². The Kier molecular flexibility index (Phi) is 8.63. The van der Waals surface area contributed by atoms with E-state index in [1.54, 1.807) is 11.2 Å². The molecule has 2 aromatic rings. The van der Waals surface area contributed by atoms with Gasteiger partial charge in [0, 0.05) is 57.9 Å². The third-order valence-corrected chi connectivity index (χ3v) is 5.51. The average Bonchev–Trinajstić information content (AvgIpc) is 3.31. The van der Waals surface area contributed by atoms with E-state index in [0.29, 0.717) is 13.1 Å². The van der Waals surface area contributed by atoms with Gasteiger partial charge in [0.25, 0.3) is 0 Å². The minimum absolute atomic E-state index is 0.275. The molecular weight excluding hydrogens is 392 g/mol. The van der Waals surface area contributed by atoms with E-state index in [1.165, 1.54) is 5.69 Å². The summed E-state index contributed by atoms with van der Waals surface area (Å²) in [6.45, 7) is 3.75. The third kappa shape index (κ3) is 7.55. The van der Waals surface area contributed by atoms with Gasteiger partial charge in [0.15, 0.2) is 5.96 Å². The van der Waals surface area contributed by atoms with Crippen molar-refractivity contribution in [2.24, 2.45) is 10.7 Å². The largest absolute Gasteiger partial charge is 0.469 e. The molecule has 0 radical (unpaired) electrons. The Morgan fingerprint density at radius 1 is 1.23 bits per heavy atom. The number of primary amides is 1. The Labute approximate surface area is 184 Å². The number of amides is 2. The summed E-state index contributed by atoms with van der Waals surface area (Å²) in [5.41, 5.74) is 6.60. The summed E-state index contributed by atoms with van der Waals surface area (Å²) in [7, 11) is 2.10. The number of carbonyl (C=O) groups is 1. The maximum absolute atomic E-state index is 11.3. The van der Waals surface area contributed by atoms with Crippen molar-refractivity contribution < 1.29 is 9.21 Å². The Hall–Kier alpha value is -3.16. The van der Waals surface area contributed by atoms with Crippen LogP contribution in [0.2, 0.25) is 0 Å². The van der Waals surface area contributed by atoms with Gasteiger partial charge in [0.2, 0.25) is 0 Å². The van der Waals surface area contributed by atoms with Crippen molar-refractivity contribution in [2.75, 3.05) is 44.7 Å². The molecule has 168 valence electrons. The number of furan rings is 1. The topological polar surface area (TPSA) is 99.1 Å². The Bertz CT molecular complexity index is 801. The van der Waals surface area contributed by atoms with Crippen molar-refractivity contribution in [1.29, 1.82) is 0 Å². The van der Waals surface area contributed by atoms with Crippen LogP contribution in [0.15, 0.2) is 58.1 Å². The number of hydrogen-bond acceptors (Lipinski definition) is 4. The lowest BCUT2D eigenvalue weighted by Crippen LogP contribution is -2.51. The number of aliphatic imine (C=N–C) groups is 1. The number of para-hydroxylation sites is 1. The monoisotopic (exact) mass is 426 g/mol. The van der Waals surface area contributed by atoms with Crippen molar-refractivity contribution in [3.8, 4) is 0 Å². The number of nitrogens with zero attached hydrogens (tertiary/aromatic N) is 3. The average molecular weight is 427 g/mol. The van der Waals surface area contributed by atoms with Crippen LogP contribution >= 0.6 is 0 Å². The Morgan fingerprint density at radius 2 is 2.00 bits per heavy atom. The number of benzene rings is 1. The van der Waals surface area contributed by atoms with E-state index < -0.39 is 0 Å². The molecule has 0 unspecified atom stereocenters. The number of anilines is 1. The molecule has 1 aliphatic rings. The number of guanidine groups is 1. The fourth-order valence-corrected chi connectivity index (χ4v) is 3.66. The lowest BCUT2D eigenvalue weighted by atomic mass is 10.1. The first-order chi connectivity index (χ1) is 15.1. The zero-order chi connectivity index (χ0) is 21.9. The SMILES string of the molecule is CN(CCCN=C(NCCc1ccco1)NC1CCN(C(N)=O)CC1)c1ccccc1. The third-order valence-electron chi connectivity index (χ3n) is 5.51. The zero-order valence-corrected chi connectivity index (χ0v) is 18.3. The zero-order valence-electron chi connectivity index (χ0n) is 18.3. The van der Waals surface area contributed by atoms with Crippen LogP contribution in [0.1, 0.15) is 25.0 Å². The summed E-state index contributed by atoms with van der Waals surface area (Å²) < 4.78 is 5.41. The van der Waals surface area contributed by atoms with E-state index >= 15 is 0 Å². The van der Waals surface area contributed by atoms with Crippen LogP contribution in [0.25, 0.3) is 0 Å². The lowest BCUT2D eigenvalue weighted by Gasteiger charge is -2.32. The number of piperidine rings is 1. The number of hydrogen-bond donors (Lipinski definition) is 3. The molecule has 1 aliphatic heterocycles. The molecule has 2 heterocycles. The molecule has 0 atom stereocenters. The van der Waals surface area contributed by atoms with Crippen LogP contribution in [0.4, 0.5) is 10.5 Å². The predicted molar refractivity (Wildman–Crippen MR) is 124 cm³/mol. The van der Waals surface area contributed by atoms with Crippen LogP contribution < -0.4 is 21.3 Å². The van der Waals surface area contributed by atoms with E-state index in [2.05, 4.69) is 46.8 Å². The smallest absolute Gasteiger partial charge is 0.314 e. The molecule has 1 fully saturated rings. The molecule has 1 aromatic carbocycles. The minimum atomic E-state index is -0.341. The summed E-state index contributed by atoms with van der Waals surface area (Å²) >= 11 is 0. The van der Waals surface area contributed by atoms with Crippen molar-refractivity contribution in [3.05, 3.63) is 54.5 Å². The van der Waals surface area contributed by atoms with Gasteiger partial charge in [-0.25, -0.2) is 4.79 Å². The van der Waals surface area contributed by atoms with Gasteiger partial charge in [-0.1, -0.05) is 18.2 Å². The van der Waals surface area contributed by atoms with Crippen LogP contribution in [0, 0.1) is 0 Å². The van der Waals surface area contributed by atoms with E-state index in [-0.39, 0.29) is 12.1 Å². The highest BCUT2D eigenvalue weighted by Crippen LogP contribution is 2.11. The van der Waals surface area contributed by atoms with Gasteiger partial charge >= 0.3 is 6.03 Å². The molecule has 0 saturated carbocycles. The molecular formula is C23H34N6O2. The highest BCUT2D eigenvalue weighted by atomic mass is 16.3. The molecule has 0 spiro atoms. The van der Waals surface area contributed by atoms with Crippen molar-refractivity contribution in [2.45, 2.75) is 31.7 Å². The van der Waals surface area contributed by atoms with E-state index in [4.69, 9.17) is 15.1 Å². The Morgan fingerprint density at radius 3 is 2.68 bits per heavy atom. The highest BCUT2D eigenvalue weighted by molar-refractivity contribution is 5.80. The molecule has 0 bridgehead atoms. The molecule has 1 saturated heterocycles. The molecule has 1 aromatic heterocycles. The van der Waals surface area contributed by atoms with Crippen molar-refractivity contribution in [1.82, 2.24) is 15.5 Å². The number of likely N-dealkylation sites (tertiary alicyclic amines) is 1. The molecule has 4 N–H and O–H groups in total. The van der Waals surface area contributed by atoms with E-state index in [9.17, 15) is 4.79 Å². The molecule has 0 aliphatic carbocycles. The van der Waals surface area contributed by atoms with Gasteiger partial charge in [-0.05, 0) is 43.5 Å². The number of carbonyl (C=O) groups excluding carboxylic acids is 1. The van der Waals surface area contributed by atoms with Crippen molar-refractivity contribution in [3.63, 3.8) is 0 Å². The standard InChI is InChI=1S/C23H34N6O2/c1-28(20-7-3-2-4-8-20)15-6-13-25-23(26-14-10-21-9-5-18-31-21)27-19-11-16-29(17-12-19)22(24)30/h2-5,7-9,18-19H,6,10-17H2,1H3,(H2,24,30)(H2,25,26,27). The van der Waals surface area contributed by atoms with Crippen molar-refractivity contribution >= 4 is 17.7 Å². The summed E-state index contributed by atoms with van der Waals surface area (Å²) in [6, 6.07) is 14.2. The van der Waals surface area contributed by atoms with Gasteiger partial charge < -0.3 is 30.6 Å². The van der Waals surface area contributed by atoms with Crippen LogP contribution in [0.3, 0.4) is 0 Å². The first kappa shape index (κ1) is 22.5. The second kappa shape index (κ2) is 11.9. The lowest BCUT2D eigenvalue weighted by molar-refractivity contribution is 0.188. The first-order valence-corrected chi connectivity index (χ1v) is 11.0. The maximum Gasteiger partial charge on any atom is 0.314 e. The fraction of sp³-hybridized carbons (Fsp3) is 0.478. The number of nitrogens with two attached hydrogens (primary N) is 1. The summed E-state index contributed by atoms with van der Waals surface area (Å²) in [5, 5.41) is 6.95. The minimum Gasteiger partial charge on any atom is -0.469 e. The Balaban J connectivity index is 1.48. The van der Waals surface area contributed by atoms with Gasteiger partial charge in [-0.3, -0.25) is 4.99 Å². The molecule has 3 rings (SSSR count). The molecule has 31 heavy (non-hydrogen) atoms. The van der Waals surface area contributed by atoms with E-state index in [0.717, 1.165) is 57.0 Å². The maximum atomic E-state index is 11.3. The quantitative estimate of drug-likeness (QED) is 0.325. The number of nitrogens with one attached hydrogen (secondary N) is 2. The first-order valence-electron chi connectivity index (χ1n) is 11.0. The number of urea groups is 1. The van der Waals surface area contributed by atoms with Gasteiger partial charge in [-0.2, -0.15) is 0 Å². The van der Waals surface area contributed by atoms with Gasteiger partial charge in [0.1, 0.15) is 5.76 Å². The van der Waals surface area contributed by atoms with Gasteiger partial charge in [0.05, 0.1) is 6.26 Å². The second-order valence-electron chi connectivity index (χ2n) is 7.84. The predicted octanol–water partition coefficient (Wildman–Crippen LogP) is 2.43. The molecule has 2 amide bonds. The van der Waals surface area contributed by atoms with E-state index in [1.807, 2.05) is 18.2 Å².